The molecule has 6 heteroatoms. The molecule has 1 fully saturated rings. The third kappa shape index (κ3) is 4.27. The van der Waals surface area contributed by atoms with Gasteiger partial charge in [-0.1, -0.05) is 6.07 Å². The zero-order chi connectivity index (χ0) is 19.5. The van der Waals surface area contributed by atoms with Crippen LogP contribution in [-0.4, -0.2) is 30.0 Å². The lowest BCUT2D eigenvalue weighted by molar-refractivity contribution is -0.117. The number of urea groups is 1. The van der Waals surface area contributed by atoms with Crippen molar-refractivity contribution in [3.8, 4) is 5.75 Å². The van der Waals surface area contributed by atoms with Crippen molar-refractivity contribution in [3.05, 3.63) is 53.6 Å². The third-order valence-electron chi connectivity index (χ3n) is 5.14. The zero-order valence-electron chi connectivity index (χ0n) is 16.0. The number of ether oxygens (including phenoxy) is 1. The second-order valence-corrected chi connectivity index (χ2v) is 7.31. The van der Waals surface area contributed by atoms with E-state index in [-0.39, 0.29) is 17.9 Å². The van der Waals surface area contributed by atoms with Crippen LogP contribution < -0.4 is 15.4 Å². The Hall–Kier alpha value is -3.02. The molecule has 2 aromatic carbocycles. The van der Waals surface area contributed by atoms with Gasteiger partial charge >= 0.3 is 6.03 Å². The SMILES string of the molecule is CCOc1ccc2c(c1)CN(C(=O)Nc1ccc(NC(=O)C3CC3)cc1)CC2. The zero-order valence-corrected chi connectivity index (χ0v) is 16.0. The molecule has 0 spiro atoms. The standard InChI is InChI=1S/C22H25N3O3/c1-2-28-20-10-5-15-11-12-25(14-17(15)13-20)22(27)24-19-8-6-18(7-9-19)23-21(26)16-3-4-16/h5-10,13,16H,2-4,11-12,14H2,1H3,(H,23,26)(H,24,27). The van der Waals surface area contributed by atoms with Crippen molar-refractivity contribution in [1.29, 1.82) is 0 Å². The summed E-state index contributed by atoms with van der Waals surface area (Å²) in [5.41, 5.74) is 3.86. The molecular formula is C22H25N3O3. The fraction of sp³-hybridized carbons (Fsp3) is 0.364. The molecule has 1 heterocycles. The minimum absolute atomic E-state index is 0.0789. The molecule has 2 aromatic rings. The van der Waals surface area contributed by atoms with E-state index in [2.05, 4.69) is 16.7 Å². The van der Waals surface area contributed by atoms with Crippen molar-refractivity contribution in [3.63, 3.8) is 0 Å². The fourth-order valence-corrected chi connectivity index (χ4v) is 3.39. The summed E-state index contributed by atoms with van der Waals surface area (Å²) in [7, 11) is 0. The van der Waals surface area contributed by atoms with E-state index in [0.717, 1.165) is 36.3 Å². The van der Waals surface area contributed by atoms with Gasteiger partial charge in [0.2, 0.25) is 5.91 Å². The number of benzene rings is 2. The summed E-state index contributed by atoms with van der Waals surface area (Å²) in [6.45, 7) is 3.84. The Labute approximate surface area is 164 Å². The first-order valence-electron chi connectivity index (χ1n) is 9.84. The maximum absolute atomic E-state index is 12.7. The minimum atomic E-state index is -0.123. The van der Waals surface area contributed by atoms with Gasteiger partial charge in [0.25, 0.3) is 0 Å². The second kappa shape index (κ2) is 7.92. The number of hydrogen-bond donors (Lipinski definition) is 2. The minimum Gasteiger partial charge on any atom is -0.494 e. The van der Waals surface area contributed by atoms with Crippen LogP contribution in [0.4, 0.5) is 16.2 Å². The van der Waals surface area contributed by atoms with Crippen molar-refractivity contribution in [2.75, 3.05) is 23.8 Å². The van der Waals surface area contributed by atoms with Crippen LogP contribution in [0.2, 0.25) is 0 Å². The molecule has 1 saturated carbocycles. The van der Waals surface area contributed by atoms with Gasteiger partial charge in [-0.25, -0.2) is 4.79 Å². The topological polar surface area (TPSA) is 70.7 Å². The number of amides is 3. The number of fused-ring (bicyclic) bond motifs is 1. The molecule has 6 nitrogen and oxygen atoms in total. The van der Waals surface area contributed by atoms with Gasteiger partial charge in [-0.3, -0.25) is 4.79 Å². The second-order valence-electron chi connectivity index (χ2n) is 7.31. The lowest BCUT2D eigenvalue weighted by Crippen LogP contribution is -2.38. The lowest BCUT2D eigenvalue weighted by atomic mass is 10.00. The van der Waals surface area contributed by atoms with Crippen LogP contribution in [-0.2, 0) is 17.8 Å². The van der Waals surface area contributed by atoms with E-state index in [1.54, 1.807) is 4.90 Å². The molecule has 146 valence electrons. The molecular weight excluding hydrogens is 354 g/mol. The van der Waals surface area contributed by atoms with Crippen LogP contribution in [0.15, 0.2) is 42.5 Å². The van der Waals surface area contributed by atoms with Crippen molar-refractivity contribution in [2.45, 2.75) is 32.7 Å². The summed E-state index contributed by atoms with van der Waals surface area (Å²) in [6, 6.07) is 13.2. The molecule has 4 rings (SSSR count). The number of rotatable bonds is 5. The summed E-state index contributed by atoms with van der Waals surface area (Å²) in [5, 5.41) is 5.84. The van der Waals surface area contributed by atoms with Gasteiger partial charge in [-0.2, -0.15) is 0 Å². The predicted molar refractivity (Wildman–Crippen MR) is 109 cm³/mol. The first-order valence-corrected chi connectivity index (χ1v) is 9.84. The molecule has 0 atom stereocenters. The summed E-state index contributed by atoms with van der Waals surface area (Å²) in [6.07, 6.45) is 2.79. The van der Waals surface area contributed by atoms with Gasteiger partial charge in [0.1, 0.15) is 5.75 Å². The normalized spacial score (nSPS) is 15.5. The van der Waals surface area contributed by atoms with E-state index < -0.39 is 0 Å². The van der Waals surface area contributed by atoms with Crippen LogP contribution in [0.1, 0.15) is 30.9 Å². The summed E-state index contributed by atoms with van der Waals surface area (Å²) in [4.78, 5) is 26.3. The van der Waals surface area contributed by atoms with Gasteiger partial charge in [-0.05, 0) is 73.7 Å². The van der Waals surface area contributed by atoms with Crippen LogP contribution in [0.3, 0.4) is 0 Å². The molecule has 1 aliphatic carbocycles. The lowest BCUT2D eigenvalue weighted by Gasteiger charge is -2.29. The van der Waals surface area contributed by atoms with E-state index in [1.807, 2.05) is 43.3 Å². The maximum Gasteiger partial charge on any atom is 0.322 e. The predicted octanol–water partition coefficient (Wildman–Crippen LogP) is 4.02. The summed E-state index contributed by atoms with van der Waals surface area (Å²) in [5.74, 6) is 1.09. The molecule has 2 aliphatic rings. The smallest absolute Gasteiger partial charge is 0.322 e. The Kier molecular flexibility index (Phi) is 5.19. The number of nitrogens with zero attached hydrogens (tertiary/aromatic N) is 1. The highest BCUT2D eigenvalue weighted by Crippen LogP contribution is 2.30. The highest BCUT2D eigenvalue weighted by atomic mass is 16.5. The number of carbonyl (C=O) groups excluding carboxylic acids is 2. The van der Waals surface area contributed by atoms with Gasteiger partial charge in [0, 0.05) is 30.4 Å². The van der Waals surface area contributed by atoms with Crippen molar-refractivity contribution in [2.24, 2.45) is 5.92 Å². The summed E-state index contributed by atoms with van der Waals surface area (Å²) < 4.78 is 5.57. The first kappa shape index (κ1) is 18.3. The van der Waals surface area contributed by atoms with Crippen LogP contribution in [0.25, 0.3) is 0 Å². The number of carbonyl (C=O) groups is 2. The van der Waals surface area contributed by atoms with E-state index >= 15 is 0 Å². The fourth-order valence-electron chi connectivity index (χ4n) is 3.39. The molecule has 1 aliphatic heterocycles. The van der Waals surface area contributed by atoms with Crippen molar-refractivity contribution >= 4 is 23.3 Å². The van der Waals surface area contributed by atoms with Gasteiger partial charge < -0.3 is 20.3 Å². The van der Waals surface area contributed by atoms with Crippen LogP contribution in [0, 0.1) is 5.92 Å². The quantitative estimate of drug-likeness (QED) is 0.824. The molecule has 0 aromatic heterocycles. The molecule has 0 radical (unpaired) electrons. The molecule has 3 amide bonds. The van der Waals surface area contributed by atoms with E-state index in [1.165, 1.54) is 5.56 Å². The average molecular weight is 379 g/mol. The van der Waals surface area contributed by atoms with Gasteiger partial charge in [0.15, 0.2) is 0 Å². The Bertz CT molecular complexity index is 875. The monoisotopic (exact) mass is 379 g/mol. The third-order valence-corrected chi connectivity index (χ3v) is 5.14. The van der Waals surface area contributed by atoms with Crippen molar-refractivity contribution in [1.82, 2.24) is 4.90 Å². The van der Waals surface area contributed by atoms with Gasteiger partial charge in [0.05, 0.1) is 6.61 Å². The maximum atomic E-state index is 12.7. The Morgan fingerprint density at radius 3 is 2.43 bits per heavy atom. The first-order chi connectivity index (χ1) is 13.6. The number of nitrogens with one attached hydrogen (secondary N) is 2. The summed E-state index contributed by atoms with van der Waals surface area (Å²) >= 11 is 0. The van der Waals surface area contributed by atoms with Crippen LogP contribution >= 0.6 is 0 Å². The highest BCUT2D eigenvalue weighted by Gasteiger charge is 2.29. The number of anilines is 2. The molecule has 0 unspecified atom stereocenters. The van der Waals surface area contributed by atoms with E-state index in [4.69, 9.17) is 4.74 Å². The Balaban J connectivity index is 1.36. The Morgan fingerprint density at radius 1 is 1.04 bits per heavy atom. The largest absolute Gasteiger partial charge is 0.494 e. The van der Waals surface area contributed by atoms with Gasteiger partial charge in [-0.15, -0.1) is 0 Å². The van der Waals surface area contributed by atoms with Crippen molar-refractivity contribution < 1.29 is 14.3 Å². The molecule has 2 N–H and O–H groups in total. The average Bonchev–Trinajstić information content (AvgIpc) is 3.54. The Morgan fingerprint density at radius 2 is 1.75 bits per heavy atom. The number of hydrogen-bond acceptors (Lipinski definition) is 3. The highest BCUT2D eigenvalue weighted by molar-refractivity contribution is 5.94. The van der Waals surface area contributed by atoms with Crippen LogP contribution in [0.5, 0.6) is 5.75 Å². The van der Waals surface area contributed by atoms with E-state index in [9.17, 15) is 9.59 Å². The molecule has 28 heavy (non-hydrogen) atoms. The van der Waals surface area contributed by atoms with E-state index in [0.29, 0.717) is 25.4 Å². The molecule has 0 saturated heterocycles. The molecule has 0 bridgehead atoms.